The molecule has 1 aromatic carbocycles. The normalized spacial score (nSPS) is 16.4. The van der Waals surface area contributed by atoms with Crippen LogP contribution in [0, 0.1) is 5.92 Å². The third-order valence-corrected chi connectivity index (χ3v) is 5.46. The summed E-state index contributed by atoms with van der Waals surface area (Å²) in [6.45, 7) is 0.556. The highest BCUT2D eigenvalue weighted by molar-refractivity contribution is 7.89. The second-order valence-electron chi connectivity index (χ2n) is 4.99. The van der Waals surface area contributed by atoms with E-state index in [1.165, 1.54) is 23.9 Å². The zero-order valence-electron chi connectivity index (χ0n) is 11.3. The summed E-state index contributed by atoms with van der Waals surface area (Å²) in [4.78, 5) is 0.136. The van der Waals surface area contributed by atoms with Crippen LogP contribution in [0.2, 0.25) is 0 Å². The van der Waals surface area contributed by atoms with Crippen LogP contribution in [0.4, 0.5) is 5.69 Å². The molecule has 1 aliphatic rings. The van der Waals surface area contributed by atoms with Gasteiger partial charge in [0.15, 0.2) is 0 Å². The fourth-order valence-corrected chi connectivity index (χ4v) is 3.63. The van der Waals surface area contributed by atoms with E-state index < -0.39 is 10.0 Å². The van der Waals surface area contributed by atoms with E-state index in [4.69, 9.17) is 10.5 Å². The first-order valence-corrected chi connectivity index (χ1v) is 7.79. The molecule has 0 radical (unpaired) electrons. The van der Waals surface area contributed by atoms with E-state index in [0.717, 1.165) is 12.8 Å². The molecule has 1 fully saturated rings. The molecule has 0 saturated heterocycles. The summed E-state index contributed by atoms with van der Waals surface area (Å²) in [5.74, 6) is 0.807. The molecule has 1 aliphatic carbocycles. The molecule has 1 aromatic rings. The molecule has 5 nitrogen and oxygen atoms in total. The highest BCUT2D eigenvalue weighted by Crippen LogP contribution is 2.31. The largest absolute Gasteiger partial charge is 0.495 e. The molecule has 19 heavy (non-hydrogen) atoms. The van der Waals surface area contributed by atoms with Gasteiger partial charge in [0, 0.05) is 19.3 Å². The van der Waals surface area contributed by atoms with Gasteiger partial charge in [-0.25, -0.2) is 12.7 Å². The standard InChI is InChI=1S/C13H20N2O3S/c1-15(9-10-4-3-5-10)19(16,17)13-8-11(14)6-7-12(13)18-2/h6-8,10H,3-5,9,14H2,1-2H3. The third kappa shape index (κ3) is 2.84. The minimum atomic E-state index is -3.55. The first-order chi connectivity index (χ1) is 8.95. The Labute approximate surface area is 114 Å². The Kier molecular flexibility index (Phi) is 4.01. The van der Waals surface area contributed by atoms with E-state index >= 15 is 0 Å². The number of ether oxygens (including phenoxy) is 1. The molecule has 1 saturated carbocycles. The number of sulfonamides is 1. The molecule has 0 heterocycles. The van der Waals surface area contributed by atoms with E-state index in [1.807, 2.05) is 0 Å². The number of hydrogen-bond acceptors (Lipinski definition) is 4. The predicted molar refractivity (Wildman–Crippen MR) is 74.6 cm³/mol. The molecule has 0 spiro atoms. The highest BCUT2D eigenvalue weighted by atomic mass is 32.2. The second-order valence-corrected chi connectivity index (χ2v) is 7.01. The average Bonchev–Trinajstić information content (AvgIpc) is 2.33. The minimum absolute atomic E-state index is 0.136. The summed E-state index contributed by atoms with van der Waals surface area (Å²) in [7, 11) is -0.485. The lowest BCUT2D eigenvalue weighted by atomic mass is 9.86. The van der Waals surface area contributed by atoms with E-state index in [-0.39, 0.29) is 4.90 Å². The Morgan fingerprint density at radius 2 is 2.11 bits per heavy atom. The van der Waals surface area contributed by atoms with E-state index in [9.17, 15) is 8.42 Å². The lowest BCUT2D eigenvalue weighted by Gasteiger charge is -2.29. The van der Waals surface area contributed by atoms with Crippen molar-refractivity contribution >= 4 is 15.7 Å². The van der Waals surface area contributed by atoms with Gasteiger partial charge in [-0.15, -0.1) is 0 Å². The fourth-order valence-electron chi connectivity index (χ4n) is 2.20. The first kappa shape index (κ1) is 14.1. The lowest BCUT2D eigenvalue weighted by Crippen LogP contribution is -2.34. The number of nitrogen functional groups attached to an aromatic ring is 1. The van der Waals surface area contributed by atoms with Crippen LogP contribution in [0.5, 0.6) is 5.75 Å². The summed E-state index contributed by atoms with van der Waals surface area (Å²) >= 11 is 0. The number of nitrogens with two attached hydrogens (primary N) is 1. The van der Waals surface area contributed by atoms with Crippen molar-refractivity contribution in [1.29, 1.82) is 0 Å². The maximum absolute atomic E-state index is 12.5. The average molecular weight is 284 g/mol. The van der Waals surface area contributed by atoms with Gasteiger partial charge in [0.05, 0.1) is 7.11 Å². The van der Waals surface area contributed by atoms with Crippen molar-refractivity contribution in [2.45, 2.75) is 24.2 Å². The Morgan fingerprint density at radius 1 is 1.42 bits per heavy atom. The van der Waals surface area contributed by atoms with Crippen molar-refractivity contribution in [3.05, 3.63) is 18.2 Å². The number of anilines is 1. The van der Waals surface area contributed by atoms with Crippen LogP contribution in [0.1, 0.15) is 19.3 Å². The topological polar surface area (TPSA) is 72.6 Å². The zero-order valence-corrected chi connectivity index (χ0v) is 12.1. The van der Waals surface area contributed by atoms with Crippen molar-refractivity contribution in [3.8, 4) is 5.75 Å². The van der Waals surface area contributed by atoms with Gasteiger partial charge in [0.25, 0.3) is 0 Å². The molecule has 0 amide bonds. The van der Waals surface area contributed by atoms with Crippen molar-refractivity contribution in [1.82, 2.24) is 4.31 Å². The van der Waals surface area contributed by atoms with Crippen LogP contribution in [0.25, 0.3) is 0 Å². The van der Waals surface area contributed by atoms with Gasteiger partial charge < -0.3 is 10.5 Å². The van der Waals surface area contributed by atoms with Gasteiger partial charge in [-0.3, -0.25) is 0 Å². The molecule has 0 unspecified atom stereocenters. The number of nitrogens with zero attached hydrogens (tertiary/aromatic N) is 1. The third-order valence-electron chi connectivity index (χ3n) is 3.62. The SMILES string of the molecule is COc1ccc(N)cc1S(=O)(=O)N(C)CC1CCC1. The highest BCUT2D eigenvalue weighted by Gasteiger charge is 2.29. The fraction of sp³-hybridized carbons (Fsp3) is 0.538. The molecular formula is C13H20N2O3S. The lowest BCUT2D eigenvalue weighted by molar-refractivity contribution is 0.262. The first-order valence-electron chi connectivity index (χ1n) is 6.35. The molecule has 0 aromatic heterocycles. The van der Waals surface area contributed by atoms with Crippen LogP contribution in [-0.4, -0.2) is 33.4 Å². The second kappa shape index (κ2) is 5.38. The molecule has 2 rings (SSSR count). The van der Waals surface area contributed by atoms with Gasteiger partial charge >= 0.3 is 0 Å². The predicted octanol–water partition coefficient (Wildman–Crippen LogP) is 1.70. The Hall–Kier alpha value is -1.27. The van der Waals surface area contributed by atoms with Crippen LogP contribution < -0.4 is 10.5 Å². The van der Waals surface area contributed by atoms with Crippen LogP contribution in [-0.2, 0) is 10.0 Å². The van der Waals surface area contributed by atoms with Gasteiger partial charge in [0.2, 0.25) is 10.0 Å². The molecule has 0 atom stereocenters. The number of hydrogen-bond donors (Lipinski definition) is 1. The maximum Gasteiger partial charge on any atom is 0.246 e. The van der Waals surface area contributed by atoms with Crippen LogP contribution in [0.3, 0.4) is 0 Å². The number of benzene rings is 1. The maximum atomic E-state index is 12.5. The summed E-state index contributed by atoms with van der Waals surface area (Å²) in [6, 6.07) is 4.66. The molecule has 106 valence electrons. The molecule has 6 heteroatoms. The Balaban J connectivity index is 2.29. The van der Waals surface area contributed by atoms with Crippen LogP contribution in [0.15, 0.2) is 23.1 Å². The summed E-state index contributed by atoms with van der Waals surface area (Å²) in [6.07, 6.45) is 3.40. The van der Waals surface area contributed by atoms with Gasteiger partial charge in [-0.05, 0) is 37.0 Å². The van der Waals surface area contributed by atoms with Gasteiger partial charge in [-0.1, -0.05) is 6.42 Å². The zero-order chi connectivity index (χ0) is 14.0. The summed E-state index contributed by atoms with van der Waals surface area (Å²) in [5.41, 5.74) is 6.09. The number of rotatable bonds is 5. The smallest absolute Gasteiger partial charge is 0.246 e. The number of methoxy groups -OCH3 is 1. The monoisotopic (exact) mass is 284 g/mol. The summed E-state index contributed by atoms with van der Waals surface area (Å²) in [5, 5.41) is 0. The molecular weight excluding hydrogens is 264 g/mol. The van der Waals surface area contributed by atoms with Crippen molar-refractivity contribution in [2.24, 2.45) is 5.92 Å². The van der Waals surface area contributed by atoms with Crippen molar-refractivity contribution < 1.29 is 13.2 Å². The molecule has 0 aliphatic heterocycles. The quantitative estimate of drug-likeness (QED) is 0.835. The Morgan fingerprint density at radius 3 is 2.63 bits per heavy atom. The van der Waals surface area contributed by atoms with E-state index in [2.05, 4.69) is 0 Å². The molecule has 0 bridgehead atoms. The minimum Gasteiger partial charge on any atom is -0.495 e. The van der Waals surface area contributed by atoms with Crippen LogP contribution >= 0.6 is 0 Å². The van der Waals surface area contributed by atoms with E-state index in [1.54, 1.807) is 19.2 Å². The van der Waals surface area contributed by atoms with E-state index in [0.29, 0.717) is 23.9 Å². The molecule has 2 N–H and O–H groups in total. The van der Waals surface area contributed by atoms with Gasteiger partial charge in [-0.2, -0.15) is 0 Å². The van der Waals surface area contributed by atoms with Gasteiger partial charge in [0.1, 0.15) is 10.6 Å². The van der Waals surface area contributed by atoms with Crippen molar-refractivity contribution in [2.75, 3.05) is 26.4 Å². The summed E-state index contributed by atoms with van der Waals surface area (Å²) < 4.78 is 31.6. The van der Waals surface area contributed by atoms with Crippen molar-refractivity contribution in [3.63, 3.8) is 0 Å². The Bertz CT molecular complexity index is 553.